The van der Waals surface area contributed by atoms with Crippen molar-refractivity contribution in [3.63, 3.8) is 0 Å². The molecular formula is C17H22N6S. The molecule has 3 aromatic rings. The quantitative estimate of drug-likeness (QED) is 0.720. The van der Waals surface area contributed by atoms with E-state index in [1.165, 1.54) is 0 Å². The maximum absolute atomic E-state index is 9.28. The Morgan fingerprint density at radius 3 is 2.71 bits per heavy atom. The first-order valence-electron chi connectivity index (χ1n) is 7.87. The normalized spacial score (nSPS) is 10.5. The second-order valence-electron chi connectivity index (χ2n) is 5.19. The van der Waals surface area contributed by atoms with Crippen LogP contribution in [0.25, 0.3) is 16.6 Å². The molecule has 3 aromatic heterocycles. The third-order valence-electron chi connectivity index (χ3n) is 3.32. The average molecular weight is 342 g/mol. The summed E-state index contributed by atoms with van der Waals surface area (Å²) >= 11 is 1.74. The number of thioether (sulfide) groups is 1. The fourth-order valence-corrected chi connectivity index (χ4v) is 3.41. The first-order valence-corrected chi connectivity index (χ1v) is 8.86. The van der Waals surface area contributed by atoms with Crippen molar-refractivity contribution in [2.45, 2.75) is 18.7 Å². The van der Waals surface area contributed by atoms with E-state index in [-0.39, 0.29) is 0 Å². The minimum Gasteiger partial charge on any atom is -0.309 e. The number of hydrogen-bond donors (Lipinski definition) is 1. The number of nitrogens with zero attached hydrogens (tertiary/aromatic N) is 5. The van der Waals surface area contributed by atoms with Gasteiger partial charge in [0.1, 0.15) is 6.07 Å². The number of H-pyrrole nitrogens is 1. The summed E-state index contributed by atoms with van der Waals surface area (Å²) in [5, 5.41) is 20.4. The fourth-order valence-electron chi connectivity index (χ4n) is 2.18. The minimum atomic E-state index is 0.603. The molecule has 0 aliphatic carbocycles. The molecule has 0 aliphatic heterocycles. The Balaban J connectivity index is 0.00000100. The Labute approximate surface area is 146 Å². The van der Waals surface area contributed by atoms with Crippen LogP contribution in [0.15, 0.2) is 35.7 Å². The predicted octanol–water partition coefficient (Wildman–Crippen LogP) is 3.28. The molecular weight excluding hydrogens is 320 g/mol. The van der Waals surface area contributed by atoms with Gasteiger partial charge >= 0.3 is 0 Å². The van der Waals surface area contributed by atoms with E-state index in [4.69, 9.17) is 0 Å². The van der Waals surface area contributed by atoms with Crippen LogP contribution in [0, 0.1) is 11.3 Å². The molecule has 3 heterocycles. The Bertz CT molecular complexity index is 814. The highest BCUT2D eigenvalue weighted by Crippen LogP contribution is 2.30. The molecule has 24 heavy (non-hydrogen) atoms. The van der Waals surface area contributed by atoms with Gasteiger partial charge in [-0.25, -0.2) is 4.52 Å². The SMILES string of the molecule is CC.CN(C)CCSc1cc(-c2cn[nH]c2)cn2ncc(C#N)c12. The van der Waals surface area contributed by atoms with Crippen molar-refractivity contribution in [3.05, 3.63) is 36.4 Å². The molecule has 0 fully saturated rings. The topological polar surface area (TPSA) is 73.0 Å². The van der Waals surface area contributed by atoms with Crippen molar-refractivity contribution in [2.24, 2.45) is 0 Å². The molecule has 0 atom stereocenters. The minimum absolute atomic E-state index is 0.603. The molecule has 0 saturated heterocycles. The third-order valence-corrected chi connectivity index (χ3v) is 4.33. The zero-order valence-electron chi connectivity index (χ0n) is 14.4. The van der Waals surface area contributed by atoms with Crippen LogP contribution in [0.2, 0.25) is 0 Å². The molecule has 0 aliphatic rings. The van der Waals surface area contributed by atoms with E-state index in [1.54, 1.807) is 28.7 Å². The van der Waals surface area contributed by atoms with Crippen molar-refractivity contribution in [2.75, 3.05) is 26.4 Å². The summed E-state index contributed by atoms with van der Waals surface area (Å²) in [7, 11) is 4.11. The van der Waals surface area contributed by atoms with Crippen LogP contribution in [0.4, 0.5) is 0 Å². The molecule has 0 unspecified atom stereocenters. The van der Waals surface area contributed by atoms with Gasteiger partial charge in [0.25, 0.3) is 0 Å². The Hall–Kier alpha value is -2.30. The van der Waals surface area contributed by atoms with E-state index in [0.29, 0.717) is 5.56 Å². The van der Waals surface area contributed by atoms with E-state index in [0.717, 1.165) is 33.8 Å². The number of fused-ring (bicyclic) bond motifs is 1. The average Bonchev–Trinajstić information content (AvgIpc) is 3.25. The van der Waals surface area contributed by atoms with E-state index in [1.807, 2.05) is 26.2 Å². The molecule has 0 bridgehead atoms. The number of pyridine rings is 1. The summed E-state index contributed by atoms with van der Waals surface area (Å²) in [5.74, 6) is 0.952. The van der Waals surface area contributed by atoms with Crippen LogP contribution >= 0.6 is 11.8 Å². The number of nitriles is 1. The van der Waals surface area contributed by atoms with E-state index >= 15 is 0 Å². The van der Waals surface area contributed by atoms with Gasteiger partial charge in [0.2, 0.25) is 0 Å². The molecule has 0 radical (unpaired) electrons. The highest BCUT2D eigenvalue weighted by molar-refractivity contribution is 7.99. The summed E-state index contributed by atoms with van der Waals surface area (Å²) in [5.41, 5.74) is 3.51. The van der Waals surface area contributed by atoms with Crippen LogP contribution in [0.1, 0.15) is 19.4 Å². The first kappa shape index (κ1) is 18.0. The van der Waals surface area contributed by atoms with Gasteiger partial charge < -0.3 is 4.90 Å². The molecule has 7 heteroatoms. The van der Waals surface area contributed by atoms with Crippen molar-refractivity contribution in [3.8, 4) is 17.2 Å². The van der Waals surface area contributed by atoms with E-state index in [2.05, 4.69) is 46.4 Å². The molecule has 0 amide bonds. The van der Waals surface area contributed by atoms with Crippen molar-refractivity contribution in [1.29, 1.82) is 5.26 Å². The van der Waals surface area contributed by atoms with E-state index < -0.39 is 0 Å². The molecule has 1 N–H and O–H groups in total. The second-order valence-corrected chi connectivity index (χ2v) is 6.33. The zero-order valence-corrected chi connectivity index (χ0v) is 15.3. The number of hydrogen-bond acceptors (Lipinski definition) is 5. The van der Waals surface area contributed by atoms with Crippen molar-refractivity contribution >= 4 is 17.3 Å². The Morgan fingerprint density at radius 2 is 2.08 bits per heavy atom. The van der Waals surface area contributed by atoms with Crippen molar-refractivity contribution in [1.82, 2.24) is 24.7 Å². The zero-order chi connectivity index (χ0) is 17.5. The second kappa shape index (κ2) is 8.52. The highest BCUT2D eigenvalue weighted by atomic mass is 32.2. The van der Waals surface area contributed by atoms with E-state index in [9.17, 15) is 5.26 Å². The molecule has 126 valence electrons. The number of nitrogens with one attached hydrogen (secondary N) is 1. The molecule has 0 saturated carbocycles. The fraction of sp³-hybridized carbons (Fsp3) is 0.353. The lowest BCUT2D eigenvalue weighted by atomic mass is 10.1. The lowest BCUT2D eigenvalue weighted by Gasteiger charge is -2.11. The largest absolute Gasteiger partial charge is 0.309 e. The molecule has 6 nitrogen and oxygen atoms in total. The van der Waals surface area contributed by atoms with Crippen LogP contribution < -0.4 is 0 Å². The number of aromatic nitrogens is 4. The Morgan fingerprint density at radius 1 is 1.29 bits per heavy atom. The maximum Gasteiger partial charge on any atom is 0.103 e. The summed E-state index contributed by atoms with van der Waals surface area (Å²) < 4.78 is 1.78. The lowest BCUT2D eigenvalue weighted by Crippen LogP contribution is -2.14. The molecule has 3 rings (SSSR count). The van der Waals surface area contributed by atoms with Gasteiger partial charge in [0, 0.05) is 40.7 Å². The smallest absolute Gasteiger partial charge is 0.103 e. The number of rotatable bonds is 5. The number of aromatic amines is 1. The van der Waals surface area contributed by atoms with Gasteiger partial charge in [-0.1, -0.05) is 13.8 Å². The van der Waals surface area contributed by atoms with Gasteiger partial charge in [0.15, 0.2) is 0 Å². The monoisotopic (exact) mass is 342 g/mol. The maximum atomic E-state index is 9.28. The molecule has 0 aromatic carbocycles. The van der Waals surface area contributed by atoms with Gasteiger partial charge in [-0.2, -0.15) is 15.5 Å². The summed E-state index contributed by atoms with van der Waals surface area (Å²) in [6.45, 7) is 4.97. The van der Waals surface area contributed by atoms with Crippen LogP contribution in [0.3, 0.4) is 0 Å². The van der Waals surface area contributed by atoms with Gasteiger partial charge in [-0.3, -0.25) is 5.10 Å². The first-order chi connectivity index (χ1) is 11.7. The summed E-state index contributed by atoms with van der Waals surface area (Å²) in [6.07, 6.45) is 7.18. The van der Waals surface area contributed by atoms with Crippen molar-refractivity contribution < 1.29 is 0 Å². The Kier molecular flexibility index (Phi) is 6.41. The van der Waals surface area contributed by atoms with Gasteiger partial charge in [0.05, 0.1) is 23.5 Å². The summed E-state index contributed by atoms with van der Waals surface area (Å²) in [4.78, 5) is 3.21. The van der Waals surface area contributed by atoms with Crippen LogP contribution in [-0.4, -0.2) is 51.1 Å². The van der Waals surface area contributed by atoms with Gasteiger partial charge in [-0.15, -0.1) is 11.8 Å². The summed E-state index contributed by atoms with van der Waals surface area (Å²) in [6, 6.07) is 4.32. The standard InChI is InChI=1S/C15H16N6S.C2H6/c1-20(2)3-4-22-14-5-11(13-7-17-18-8-13)10-21-15(14)12(6-16)9-19-21;1-2/h5,7-10H,3-4H2,1-2H3,(H,17,18);1-2H3. The lowest BCUT2D eigenvalue weighted by molar-refractivity contribution is 0.437. The predicted molar refractivity (Wildman–Crippen MR) is 98.1 cm³/mol. The van der Waals surface area contributed by atoms with Crippen LogP contribution in [0.5, 0.6) is 0 Å². The third kappa shape index (κ3) is 3.96. The molecule has 0 spiro atoms. The van der Waals surface area contributed by atoms with Gasteiger partial charge in [-0.05, 0) is 20.2 Å². The van der Waals surface area contributed by atoms with Crippen LogP contribution in [-0.2, 0) is 0 Å². The highest BCUT2D eigenvalue weighted by Gasteiger charge is 2.13.